The second kappa shape index (κ2) is 6.98. The first-order valence-corrected chi connectivity index (χ1v) is 9.03. The van der Waals surface area contributed by atoms with Crippen LogP contribution in [0.25, 0.3) is 0 Å². The number of alkyl halides is 3. The number of nitrogens with zero attached hydrogens (tertiary/aromatic N) is 2. The molecule has 25 heavy (non-hydrogen) atoms. The third kappa shape index (κ3) is 4.35. The summed E-state index contributed by atoms with van der Waals surface area (Å²) in [5.74, 6) is 0.0933. The third-order valence-electron chi connectivity index (χ3n) is 5.18. The van der Waals surface area contributed by atoms with Gasteiger partial charge in [0.15, 0.2) is 0 Å². The van der Waals surface area contributed by atoms with Crippen molar-refractivity contribution >= 4 is 5.91 Å². The van der Waals surface area contributed by atoms with Crippen LogP contribution in [0.2, 0.25) is 0 Å². The average Bonchev–Trinajstić information content (AvgIpc) is 3.45. The number of carbonyl (C=O) groups excluding carboxylic acids is 1. The van der Waals surface area contributed by atoms with Crippen molar-refractivity contribution in [2.45, 2.75) is 63.8 Å². The molecule has 6 heteroatoms. The van der Waals surface area contributed by atoms with Crippen molar-refractivity contribution in [3.63, 3.8) is 0 Å². The van der Waals surface area contributed by atoms with Gasteiger partial charge in [-0.25, -0.2) is 0 Å². The van der Waals surface area contributed by atoms with E-state index in [0.717, 1.165) is 31.7 Å². The van der Waals surface area contributed by atoms with Gasteiger partial charge in [-0.15, -0.1) is 0 Å². The van der Waals surface area contributed by atoms with Crippen LogP contribution in [-0.2, 0) is 11.0 Å². The molecule has 2 aliphatic rings. The van der Waals surface area contributed by atoms with Crippen LogP contribution in [0, 0.1) is 0 Å². The molecule has 0 N–H and O–H groups in total. The van der Waals surface area contributed by atoms with Gasteiger partial charge in [0.2, 0.25) is 5.91 Å². The molecule has 3 nitrogen and oxygen atoms in total. The molecule has 138 valence electrons. The molecule has 0 aliphatic heterocycles. The molecule has 1 aromatic carbocycles. The van der Waals surface area contributed by atoms with E-state index < -0.39 is 11.7 Å². The first kappa shape index (κ1) is 18.2. The SMILES string of the molecule is CCN(C(=O)CN(C1CC1)C(C)c1cccc(C(F)(F)F)c1)C1CC1. The van der Waals surface area contributed by atoms with E-state index in [0.29, 0.717) is 24.2 Å². The molecule has 3 rings (SSSR count). The van der Waals surface area contributed by atoms with E-state index in [2.05, 4.69) is 4.90 Å². The second-order valence-electron chi connectivity index (χ2n) is 7.11. The molecular weight excluding hydrogens is 329 g/mol. The zero-order chi connectivity index (χ0) is 18.2. The lowest BCUT2D eigenvalue weighted by atomic mass is 10.0. The highest BCUT2D eigenvalue weighted by molar-refractivity contribution is 5.79. The molecule has 0 heterocycles. The number of hydrogen-bond acceptors (Lipinski definition) is 2. The van der Waals surface area contributed by atoms with Crippen molar-refractivity contribution in [3.8, 4) is 0 Å². The second-order valence-corrected chi connectivity index (χ2v) is 7.11. The van der Waals surface area contributed by atoms with Crippen LogP contribution < -0.4 is 0 Å². The highest BCUT2D eigenvalue weighted by atomic mass is 19.4. The Bertz CT molecular complexity index is 623. The van der Waals surface area contributed by atoms with Crippen LogP contribution in [0.1, 0.15) is 56.7 Å². The van der Waals surface area contributed by atoms with E-state index in [1.165, 1.54) is 12.1 Å². The van der Waals surface area contributed by atoms with Crippen LogP contribution in [0.4, 0.5) is 13.2 Å². The van der Waals surface area contributed by atoms with Crippen molar-refractivity contribution in [1.82, 2.24) is 9.80 Å². The third-order valence-corrected chi connectivity index (χ3v) is 5.18. The Morgan fingerprint density at radius 3 is 2.36 bits per heavy atom. The van der Waals surface area contributed by atoms with E-state index in [9.17, 15) is 18.0 Å². The average molecular weight is 354 g/mol. The van der Waals surface area contributed by atoms with Gasteiger partial charge in [0.1, 0.15) is 0 Å². The maximum atomic E-state index is 13.0. The summed E-state index contributed by atoms with van der Waals surface area (Å²) in [4.78, 5) is 16.6. The number of amides is 1. The summed E-state index contributed by atoms with van der Waals surface area (Å²) < 4.78 is 39.0. The van der Waals surface area contributed by atoms with Gasteiger partial charge in [0.05, 0.1) is 12.1 Å². The normalized spacial score (nSPS) is 19.1. The van der Waals surface area contributed by atoms with Gasteiger partial charge in [-0.2, -0.15) is 13.2 Å². The largest absolute Gasteiger partial charge is 0.416 e. The summed E-state index contributed by atoms with van der Waals surface area (Å²) >= 11 is 0. The Hall–Kier alpha value is -1.56. The van der Waals surface area contributed by atoms with E-state index in [4.69, 9.17) is 0 Å². The van der Waals surface area contributed by atoms with Gasteiger partial charge in [-0.05, 0) is 57.2 Å². The summed E-state index contributed by atoms with van der Waals surface area (Å²) in [7, 11) is 0. The highest BCUT2D eigenvalue weighted by Crippen LogP contribution is 2.37. The summed E-state index contributed by atoms with van der Waals surface area (Å²) in [5.41, 5.74) is -0.0175. The molecule has 2 aliphatic carbocycles. The number of rotatable bonds is 7. The first-order chi connectivity index (χ1) is 11.8. The quantitative estimate of drug-likeness (QED) is 0.731. The lowest BCUT2D eigenvalue weighted by molar-refractivity contribution is -0.138. The highest BCUT2D eigenvalue weighted by Gasteiger charge is 2.38. The van der Waals surface area contributed by atoms with Crippen molar-refractivity contribution in [3.05, 3.63) is 35.4 Å². The predicted octanol–water partition coefficient (Wildman–Crippen LogP) is 4.24. The molecule has 0 aromatic heterocycles. The Morgan fingerprint density at radius 2 is 1.84 bits per heavy atom. The van der Waals surface area contributed by atoms with Crippen LogP contribution in [0.5, 0.6) is 0 Å². The van der Waals surface area contributed by atoms with E-state index in [-0.39, 0.29) is 18.5 Å². The molecule has 2 fully saturated rings. The van der Waals surface area contributed by atoms with Crippen molar-refractivity contribution in [2.24, 2.45) is 0 Å². The molecule has 1 aromatic rings. The fourth-order valence-corrected chi connectivity index (χ4v) is 3.43. The minimum absolute atomic E-state index is 0.0933. The summed E-state index contributed by atoms with van der Waals surface area (Å²) in [6.07, 6.45) is -0.211. The Kier molecular flexibility index (Phi) is 5.09. The van der Waals surface area contributed by atoms with Gasteiger partial charge >= 0.3 is 6.18 Å². The molecule has 1 unspecified atom stereocenters. The van der Waals surface area contributed by atoms with Gasteiger partial charge in [0, 0.05) is 24.7 Å². The lowest BCUT2D eigenvalue weighted by Crippen LogP contribution is -2.43. The molecular formula is C19H25F3N2O. The van der Waals surface area contributed by atoms with Gasteiger partial charge < -0.3 is 4.90 Å². The topological polar surface area (TPSA) is 23.6 Å². The number of hydrogen-bond donors (Lipinski definition) is 0. The van der Waals surface area contributed by atoms with Crippen LogP contribution in [0.15, 0.2) is 24.3 Å². The molecule has 2 saturated carbocycles. The summed E-state index contributed by atoms with van der Waals surface area (Å²) in [6, 6.07) is 5.92. The fraction of sp³-hybridized carbons (Fsp3) is 0.632. The Balaban J connectivity index is 1.75. The molecule has 0 radical (unpaired) electrons. The van der Waals surface area contributed by atoms with Crippen molar-refractivity contribution in [1.29, 1.82) is 0 Å². The molecule has 1 atom stereocenters. The summed E-state index contributed by atoms with van der Waals surface area (Å²) in [5, 5.41) is 0. The minimum Gasteiger partial charge on any atom is -0.339 e. The zero-order valence-corrected chi connectivity index (χ0v) is 14.7. The van der Waals surface area contributed by atoms with Crippen LogP contribution in [0.3, 0.4) is 0 Å². The van der Waals surface area contributed by atoms with Gasteiger partial charge in [-0.1, -0.05) is 12.1 Å². The Labute approximate surface area is 146 Å². The number of likely N-dealkylation sites (N-methyl/N-ethyl adjacent to an activating group) is 1. The smallest absolute Gasteiger partial charge is 0.339 e. The van der Waals surface area contributed by atoms with Crippen LogP contribution >= 0.6 is 0 Å². The minimum atomic E-state index is -4.35. The first-order valence-electron chi connectivity index (χ1n) is 9.03. The number of benzene rings is 1. The van der Waals surface area contributed by atoms with Gasteiger partial charge in [0.25, 0.3) is 0 Å². The molecule has 0 saturated heterocycles. The fourth-order valence-electron chi connectivity index (χ4n) is 3.43. The summed E-state index contributed by atoms with van der Waals surface area (Å²) in [6.45, 7) is 4.86. The molecule has 0 bridgehead atoms. The van der Waals surface area contributed by atoms with Crippen molar-refractivity contribution in [2.75, 3.05) is 13.1 Å². The van der Waals surface area contributed by atoms with E-state index >= 15 is 0 Å². The standard InChI is InChI=1S/C19H25F3N2O/c1-3-23(16-7-8-16)18(25)12-24(17-9-10-17)13(2)14-5-4-6-15(11-14)19(20,21)22/h4-6,11,13,16-17H,3,7-10,12H2,1-2H3. The Morgan fingerprint density at radius 1 is 1.20 bits per heavy atom. The zero-order valence-electron chi connectivity index (χ0n) is 14.7. The van der Waals surface area contributed by atoms with E-state index in [1.54, 1.807) is 6.07 Å². The van der Waals surface area contributed by atoms with Crippen LogP contribution in [-0.4, -0.2) is 40.9 Å². The van der Waals surface area contributed by atoms with Crippen molar-refractivity contribution < 1.29 is 18.0 Å². The molecule has 1 amide bonds. The molecule has 0 spiro atoms. The lowest BCUT2D eigenvalue weighted by Gasteiger charge is -2.32. The maximum absolute atomic E-state index is 13.0. The van der Waals surface area contributed by atoms with Gasteiger partial charge in [-0.3, -0.25) is 9.69 Å². The van der Waals surface area contributed by atoms with E-state index in [1.807, 2.05) is 18.7 Å². The predicted molar refractivity (Wildman–Crippen MR) is 90.0 cm³/mol. The number of carbonyl (C=O) groups is 1. The number of halogens is 3. The monoisotopic (exact) mass is 354 g/mol. The maximum Gasteiger partial charge on any atom is 0.416 e.